The first-order valence-electron chi connectivity index (χ1n) is 12.0. The molecule has 2 amide bonds. The zero-order valence-corrected chi connectivity index (χ0v) is 19.6. The Morgan fingerprint density at radius 2 is 1.43 bits per heavy atom. The number of carbonyl (C=O) groups is 2. The molecule has 5 rings (SSSR count). The Morgan fingerprint density at radius 3 is 2.17 bits per heavy atom. The van der Waals surface area contributed by atoms with E-state index in [0.717, 1.165) is 22.0 Å². The Bertz CT molecular complexity index is 1320. The molecule has 2 heterocycles. The maximum atomic E-state index is 13.3. The van der Waals surface area contributed by atoms with Gasteiger partial charge >= 0.3 is 0 Å². The minimum atomic E-state index is -0.240. The second kappa shape index (κ2) is 10.1. The molecule has 0 spiro atoms. The van der Waals surface area contributed by atoms with Gasteiger partial charge in [-0.05, 0) is 47.9 Å². The highest BCUT2D eigenvalue weighted by molar-refractivity contribution is 5.94. The first-order chi connectivity index (χ1) is 17.1. The van der Waals surface area contributed by atoms with Gasteiger partial charge in [0.05, 0.1) is 0 Å². The first kappa shape index (κ1) is 22.8. The minimum Gasteiger partial charge on any atom is -0.343 e. The molecule has 0 aliphatic carbocycles. The van der Waals surface area contributed by atoms with Crippen molar-refractivity contribution < 1.29 is 14.0 Å². The van der Waals surface area contributed by atoms with Crippen LogP contribution in [0.15, 0.2) is 85.1 Å². The van der Waals surface area contributed by atoms with Crippen LogP contribution in [-0.4, -0.2) is 52.4 Å². The maximum absolute atomic E-state index is 13.3. The van der Waals surface area contributed by atoms with E-state index >= 15 is 0 Å². The second-order valence-electron chi connectivity index (χ2n) is 8.96. The Labute approximate surface area is 204 Å². The molecule has 1 saturated heterocycles. The smallest absolute Gasteiger partial charge is 0.253 e. The summed E-state index contributed by atoms with van der Waals surface area (Å²) in [5.41, 5.74) is 3.95. The lowest BCUT2D eigenvalue weighted by Crippen LogP contribution is -2.50. The molecule has 1 fully saturated rings. The second-order valence-corrected chi connectivity index (χ2v) is 8.96. The number of aromatic nitrogens is 1. The van der Waals surface area contributed by atoms with Gasteiger partial charge in [0.1, 0.15) is 5.82 Å². The van der Waals surface area contributed by atoms with Crippen LogP contribution in [0.5, 0.6) is 0 Å². The Hall–Kier alpha value is -3.93. The van der Waals surface area contributed by atoms with Gasteiger partial charge in [-0.25, -0.2) is 4.39 Å². The summed E-state index contributed by atoms with van der Waals surface area (Å²) < 4.78 is 15.5. The molecule has 35 heavy (non-hydrogen) atoms. The molecule has 1 aliphatic heterocycles. The van der Waals surface area contributed by atoms with Crippen LogP contribution < -0.4 is 0 Å². The fourth-order valence-electron chi connectivity index (χ4n) is 4.76. The Balaban J connectivity index is 1.21. The number of halogens is 1. The summed E-state index contributed by atoms with van der Waals surface area (Å²) >= 11 is 0. The summed E-state index contributed by atoms with van der Waals surface area (Å²) in [6, 6.07) is 24.0. The predicted molar refractivity (Wildman–Crippen MR) is 135 cm³/mol. The van der Waals surface area contributed by atoms with Crippen molar-refractivity contribution in [1.29, 1.82) is 0 Å². The van der Waals surface area contributed by atoms with Gasteiger partial charge in [-0.15, -0.1) is 0 Å². The van der Waals surface area contributed by atoms with Gasteiger partial charge in [0, 0.05) is 61.8 Å². The molecular formula is C29H28FN3O2. The third-order valence-electron chi connectivity index (χ3n) is 6.69. The lowest BCUT2D eigenvalue weighted by molar-refractivity contribution is -0.132. The number of benzene rings is 3. The van der Waals surface area contributed by atoms with Crippen molar-refractivity contribution in [3.05, 3.63) is 108 Å². The molecular weight excluding hydrogens is 441 g/mol. The van der Waals surface area contributed by atoms with E-state index in [-0.39, 0.29) is 17.6 Å². The highest BCUT2D eigenvalue weighted by atomic mass is 19.1. The van der Waals surface area contributed by atoms with Gasteiger partial charge in [-0.1, -0.05) is 48.5 Å². The van der Waals surface area contributed by atoms with Gasteiger partial charge in [-0.2, -0.15) is 0 Å². The molecule has 1 aromatic heterocycles. The van der Waals surface area contributed by atoms with Crippen molar-refractivity contribution in [3.63, 3.8) is 0 Å². The molecule has 6 heteroatoms. The van der Waals surface area contributed by atoms with Crippen LogP contribution in [0.1, 0.15) is 27.9 Å². The lowest BCUT2D eigenvalue weighted by atomic mass is 10.1. The van der Waals surface area contributed by atoms with Crippen molar-refractivity contribution in [3.8, 4) is 0 Å². The third-order valence-corrected chi connectivity index (χ3v) is 6.69. The molecule has 0 N–H and O–H groups in total. The molecule has 0 saturated carbocycles. The van der Waals surface area contributed by atoms with Crippen LogP contribution in [0.25, 0.3) is 10.9 Å². The third kappa shape index (κ3) is 5.11. The number of carbonyl (C=O) groups excluding carboxylic acids is 2. The van der Waals surface area contributed by atoms with Gasteiger partial charge in [0.25, 0.3) is 5.91 Å². The van der Waals surface area contributed by atoms with Crippen LogP contribution in [-0.2, 0) is 17.8 Å². The Morgan fingerprint density at radius 1 is 0.771 bits per heavy atom. The summed E-state index contributed by atoms with van der Waals surface area (Å²) in [7, 11) is 0. The van der Waals surface area contributed by atoms with Crippen molar-refractivity contribution in [1.82, 2.24) is 14.4 Å². The zero-order chi connectivity index (χ0) is 24.2. The highest BCUT2D eigenvalue weighted by Crippen LogP contribution is 2.24. The fraction of sp³-hybridized carbons (Fsp3) is 0.241. The topological polar surface area (TPSA) is 45.6 Å². The van der Waals surface area contributed by atoms with Crippen LogP contribution in [0.2, 0.25) is 0 Å². The number of nitrogens with zero attached hydrogens (tertiary/aromatic N) is 3. The number of amides is 2. The van der Waals surface area contributed by atoms with Crippen LogP contribution >= 0.6 is 0 Å². The zero-order valence-electron chi connectivity index (χ0n) is 19.6. The molecule has 1 aliphatic rings. The first-order valence-corrected chi connectivity index (χ1v) is 12.0. The number of hydrogen-bond acceptors (Lipinski definition) is 2. The number of hydrogen-bond donors (Lipinski definition) is 0. The van der Waals surface area contributed by atoms with Gasteiger partial charge in [0.2, 0.25) is 5.91 Å². The number of rotatable bonds is 6. The Kier molecular flexibility index (Phi) is 6.62. The molecule has 0 unspecified atom stereocenters. The summed E-state index contributed by atoms with van der Waals surface area (Å²) in [6.45, 7) is 2.87. The van der Waals surface area contributed by atoms with Crippen LogP contribution in [0, 0.1) is 5.82 Å². The molecule has 4 aromatic rings. The van der Waals surface area contributed by atoms with E-state index in [4.69, 9.17) is 0 Å². The lowest BCUT2D eigenvalue weighted by Gasteiger charge is -2.35. The predicted octanol–water partition coefficient (Wildman–Crippen LogP) is 4.75. The fourth-order valence-corrected chi connectivity index (χ4v) is 4.76. The molecule has 178 valence electrons. The molecule has 0 radical (unpaired) electrons. The van der Waals surface area contributed by atoms with E-state index in [1.165, 1.54) is 12.1 Å². The normalized spacial score (nSPS) is 13.9. The maximum Gasteiger partial charge on any atom is 0.253 e. The average molecular weight is 470 g/mol. The van der Waals surface area contributed by atoms with E-state index in [0.29, 0.717) is 51.1 Å². The van der Waals surface area contributed by atoms with E-state index in [2.05, 4.69) is 22.9 Å². The molecule has 5 nitrogen and oxygen atoms in total. The van der Waals surface area contributed by atoms with Crippen LogP contribution in [0.3, 0.4) is 0 Å². The van der Waals surface area contributed by atoms with Crippen LogP contribution in [0.4, 0.5) is 4.39 Å². The standard InChI is InChI=1S/C29H28FN3O2/c30-25-13-10-22(11-14-25)20-33-21-24(26-8-4-5-9-27(26)33)12-15-28(34)31-16-18-32(19-17-31)29(35)23-6-2-1-3-7-23/h1-11,13-14,21H,12,15-20H2. The largest absolute Gasteiger partial charge is 0.343 e. The monoisotopic (exact) mass is 469 g/mol. The van der Waals surface area contributed by atoms with Crippen molar-refractivity contribution in [2.75, 3.05) is 26.2 Å². The van der Waals surface area contributed by atoms with Crippen molar-refractivity contribution >= 4 is 22.7 Å². The minimum absolute atomic E-state index is 0.0201. The number of fused-ring (bicyclic) bond motifs is 1. The van der Waals surface area contributed by atoms with Crippen molar-refractivity contribution in [2.24, 2.45) is 0 Å². The highest BCUT2D eigenvalue weighted by Gasteiger charge is 2.24. The quantitative estimate of drug-likeness (QED) is 0.409. The van der Waals surface area contributed by atoms with E-state index in [9.17, 15) is 14.0 Å². The number of aryl methyl sites for hydroxylation is 1. The van der Waals surface area contributed by atoms with Crippen molar-refractivity contribution in [2.45, 2.75) is 19.4 Å². The molecule has 0 atom stereocenters. The summed E-state index contributed by atoms with van der Waals surface area (Å²) in [4.78, 5) is 29.3. The van der Waals surface area contributed by atoms with E-state index < -0.39 is 0 Å². The summed E-state index contributed by atoms with van der Waals surface area (Å²) in [5, 5.41) is 1.14. The number of para-hydroxylation sites is 1. The average Bonchev–Trinajstić information content (AvgIpc) is 3.26. The van der Waals surface area contributed by atoms with Gasteiger partial charge in [0.15, 0.2) is 0 Å². The summed E-state index contributed by atoms with van der Waals surface area (Å²) in [5.74, 6) is -0.102. The molecule has 3 aromatic carbocycles. The van der Waals surface area contributed by atoms with Gasteiger partial charge in [-0.3, -0.25) is 9.59 Å². The van der Waals surface area contributed by atoms with E-state index in [1.807, 2.05) is 52.3 Å². The molecule has 0 bridgehead atoms. The summed E-state index contributed by atoms with van der Waals surface area (Å²) in [6.07, 6.45) is 3.19. The number of piperazine rings is 1. The van der Waals surface area contributed by atoms with E-state index in [1.54, 1.807) is 12.1 Å². The SMILES string of the molecule is O=C(CCc1cn(Cc2ccc(F)cc2)c2ccccc12)N1CCN(C(=O)c2ccccc2)CC1. The van der Waals surface area contributed by atoms with Gasteiger partial charge < -0.3 is 14.4 Å².